The zero-order valence-electron chi connectivity index (χ0n) is 18.2. The Bertz CT molecular complexity index is 853. The van der Waals surface area contributed by atoms with E-state index in [9.17, 15) is 22.8 Å². The summed E-state index contributed by atoms with van der Waals surface area (Å²) in [5, 5.41) is 11.5. The van der Waals surface area contributed by atoms with E-state index in [0.717, 1.165) is 52.0 Å². The molecule has 2 spiro atoms. The molecule has 1 atom stereocenters. The number of likely N-dealkylation sites (tertiary alicyclic amines) is 3. The molecule has 3 aliphatic heterocycles. The van der Waals surface area contributed by atoms with Gasteiger partial charge >= 0.3 is 12.1 Å². The number of thiophene rings is 1. The average Bonchev–Trinajstić information content (AvgIpc) is 3.41. The monoisotopic (exact) mass is 475 g/mol. The molecule has 3 aliphatic rings. The van der Waals surface area contributed by atoms with Gasteiger partial charge in [0.05, 0.1) is 5.41 Å². The zero-order valence-corrected chi connectivity index (χ0v) is 19.0. The van der Waals surface area contributed by atoms with Crippen LogP contribution in [0.15, 0.2) is 16.8 Å². The first-order chi connectivity index (χ1) is 14.9. The third-order valence-electron chi connectivity index (χ3n) is 7.09. The molecule has 0 saturated carbocycles. The van der Waals surface area contributed by atoms with E-state index >= 15 is 0 Å². The van der Waals surface area contributed by atoms with Crippen LogP contribution in [0.2, 0.25) is 0 Å². The molecule has 3 fully saturated rings. The lowest BCUT2D eigenvalue weighted by molar-refractivity contribution is -0.192. The molecular formula is C21H28F3N3O4S. The van der Waals surface area contributed by atoms with Crippen LogP contribution >= 0.6 is 11.3 Å². The number of piperidine rings is 1. The number of nitrogens with zero attached hydrogens (tertiary/aromatic N) is 3. The summed E-state index contributed by atoms with van der Waals surface area (Å²) < 4.78 is 31.7. The Morgan fingerprint density at radius 3 is 2.22 bits per heavy atom. The van der Waals surface area contributed by atoms with E-state index in [1.807, 2.05) is 16.8 Å². The molecule has 7 nitrogen and oxygen atoms in total. The number of fused-ring (bicyclic) bond motifs is 1. The fraction of sp³-hybridized carbons (Fsp3) is 0.667. The van der Waals surface area contributed by atoms with Gasteiger partial charge in [0.1, 0.15) is 0 Å². The van der Waals surface area contributed by atoms with Crippen molar-refractivity contribution in [2.75, 3.05) is 39.8 Å². The van der Waals surface area contributed by atoms with Gasteiger partial charge in [0, 0.05) is 45.6 Å². The number of carbonyl (C=O) groups is 3. The second-order valence-corrected chi connectivity index (χ2v) is 9.70. The highest BCUT2D eigenvalue weighted by molar-refractivity contribution is 7.07. The maximum atomic E-state index is 13.1. The lowest BCUT2D eigenvalue weighted by Crippen LogP contribution is -2.52. The molecule has 178 valence electrons. The number of carboxylic acids is 1. The number of carboxylic acid groups (broad SMARTS) is 1. The predicted molar refractivity (Wildman–Crippen MR) is 112 cm³/mol. The third-order valence-corrected chi connectivity index (χ3v) is 7.82. The normalized spacial score (nSPS) is 25.3. The smallest absolute Gasteiger partial charge is 0.475 e. The fourth-order valence-corrected chi connectivity index (χ4v) is 5.94. The van der Waals surface area contributed by atoms with Crippen LogP contribution in [0.5, 0.6) is 0 Å². The first-order valence-corrected chi connectivity index (χ1v) is 11.4. The summed E-state index contributed by atoms with van der Waals surface area (Å²) in [5.41, 5.74) is 0.997. The summed E-state index contributed by atoms with van der Waals surface area (Å²) in [4.78, 5) is 40.4. The van der Waals surface area contributed by atoms with E-state index in [4.69, 9.17) is 9.90 Å². The van der Waals surface area contributed by atoms with Gasteiger partial charge in [0.25, 0.3) is 0 Å². The van der Waals surface area contributed by atoms with Gasteiger partial charge in [0.2, 0.25) is 11.8 Å². The van der Waals surface area contributed by atoms with Gasteiger partial charge in [-0.1, -0.05) is 0 Å². The number of rotatable bonds is 2. The molecule has 32 heavy (non-hydrogen) atoms. The Balaban J connectivity index is 0.000000360. The van der Waals surface area contributed by atoms with E-state index in [-0.39, 0.29) is 22.6 Å². The van der Waals surface area contributed by atoms with Crippen molar-refractivity contribution in [1.29, 1.82) is 0 Å². The number of carbonyl (C=O) groups excluding carboxylic acids is 2. The quantitative estimate of drug-likeness (QED) is 0.712. The van der Waals surface area contributed by atoms with Crippen LogP contribution in [-0.4, -0.2) is 83.5 Å². The van der Waals surface area contributed by atoms with Crippen LogP contribution in [0.3, 0.4) is 0 Å². The topological polar surface area (TPSA) is 81.2 Å². The lowest BCUT2D eigenvalue weighted by Gasteiger charge is -2.46. The van der Waals surface area contributed by atoms with Gasteiger partial charge in [-0.3, -0.25) is 14.5 Å². The van der Waals surface area contributed by atoms with Crippen molar-refractivity contribution >= 4 is 29.1 Å². The van der Waals surface area contributed by atoms with E-state index in [2.05, 4.69) is 21.7 Å². The second-order valence-electron chi connectivity index (χ2n) is 8.92. The number of hydrogen-bond acceptors (Lipinski definition) is 5. The molecule has 4 heterocycles. The molecule has 0 radical (unpaired) electrons. The molecule has 0 bridgehead atoms. The molecule has 1 N–H and O–H groups in total. The molecule has 1 aromatic heterocycles. The molecule has 1 unspecified atom stereocenters. The minimum absolute atomic E-state index is 0.0361. The van der Waals surface area contributed by atoms with Crippen molar-refractivity contribution in [2.24, 2.45) is 10.8 Å². The van der Waals surface area contributed by atoms with Gasteiger partial charge in [-0.2, -0.15) is 24.5 Å². The maximum Gasteiger partial charge on any atom is 0.490 e. The summed E-state index contributed by atoms with van der Waals surface area (Å²) in [7, 11) is 1.91. The third kappa shape index (κ3) is 4.63. The van der Waals surface area contributed by atoms with E-state index in [1.54, 1.807) is 18.3 Å². The van der Waals surface area contributed by atoms with Crippen molar-refractivity contribution in [1.82, 2.24) is 14.7 Å². The van der Waals surface area contributed by atoms with Crippen molar-refractivity contribution in [2.45, 2.75) is 38.9 Å². The number of hydrogen-bond donors (Lipinski definition) is 1. The number of alkyl halides is 3. The van der Waals surface area contributed by atoms with Crippen molar-refractivity contribution in [3.63, 3.8) is 0 Å². The summed E-state index contributed by atoms with van der Waals surface area (Å²) in [5.74, 6) is -2.38. The molecule has 4 rings (SSSR count). The Morgan fingerprint density at radius 1 is 1.16 bits per heavy atom. The molecular weight excluding hydrogens is 447 g/mol. The zero-order chi connectivity index (χ0) is 23.7. The van der Waals surface area contributed by atoms with Gasteiger partial charge in [-0.05, 0) is 54.7 Å². The maximum absolute atomic E-state index is 13.1. The fourth-order valence-electron chi connectivity index (χ4n) is 5.28. The number of amides is 2. The first-order valence-electron chi connectivity index (χ1n) is 10.4. The average molecular weight is 476 g/mol. The minimum atomic E-state index is -5.08. The van der Waals surface area contributed by atoms with E-state index < -0.39 is 12.1 Å². The van der Waals surface area contributed by atoms with Crippen LogP contribution in [0.1, 0.15) is 31.7 Å². The molecule has 11 heteroatoms. The van der Waals surface area contributed by atoms with Crippen molar-refractivity contribution < 1.29 is 32.7 Å². The Hall–Kier alpha value is -2.14. The standard InChI is InChI=1S/C19H27N3O2S.C2HF3O2/c1-15(23)22-13-18(19(14-22)6-7-20(2)17(19)24)4-8-21(9-5-18)11-16-3-10-25-12-16;3-2(4,5)1(6)7/h3,10,12H,4-9,11,13-14H2,1-2H3;(H,6,7). The number of halogens is 3. The molecule has 1 aromatic rings. The minimum Gasteiger partial charge on any atom is -0.475 e. The lowest BCUT2D eigenvalue weighted by atomic mass is 9.60. The highest BCUT2D eigenvalue weighted by Gasteiger charge is 2.65. The van der Waals surface area contributed by atoms with Crippen LogP contribution in [0.4, 0.5) is 13.2 Å². The highest BCUT2D eigenvalue weighted by Crippen LogP contribution is 2.57. The predicted octanol–water partition coefficient (Wildman–Crippen LogP) is 2.67. The van der Waals surface area contributed by atoms with Gasteiger partial charge in [-0.25, -0.2) is 4.79 Å². The van der Waals surface area contributed by atoms with Gasteiger partial charge in [0.15, 0.2) is 0 Å². The summed E-state index contributed by atoms with van der Waals surface area (Å²) in [6.07, 6.45) is -2.16. The van der Waals surface area contributed by atoms with E-state index in [1.165, 1.54) is 5.56 Å². The summed E-state index contributed by atoms with van der Waals surface area (Å²) >= 11 is 1.75. The first kappa shape index (κ1) is 24.5. The van der Waals surface area contributed by atoms with Crippen LogP contribution < -0.4 is 0 Å². The van der Waals surface area contributed by atoms with E-state index in [0.29, 0.717) is 6.54 Å². The second kappa shape index (κ2) is 9.01. The summed E-state index contributed by atoms with van der Waals surface area (Å²) in [6, 6.07) is 2.19. The Morgan fingerprint density at radius 2 is 1.78 bits per heavy atom. The van der Waals surface area contributed by atoms with Gasteiger partial charge < -0.3 is 14.9 Å². The van der Waals surface area contributed by atoms with Crippen molar-refractivity contribution in [3.8, 4) is 0 Å². The Kier molecular flexibility index (Phi) is 6.90. The van der Waals surface area contributed by atoms with Crippen LogP contribution in [0.25, 0.3) is 0 Å². The molecule has 2 amide bonds. The molecule has 3 saturated heterocycles. The molecule has 0 aliphatic carbocycles. The summed E-state index contributed by atoms with van der Waals surface area (Å²) in [6.45, 7) is 6.87. The van der Waals surface area contributed by atoms with Crippen LogP contribution in [0, 0.1) is 10.8 Å². The van der Waals surface area contributed by atoms with Crippen LogP contribution in [-0.2, 0) is 20.9 Å². The Labute approximate surface area is 188 Å². The largest absolute Gasteiger partial charge is 0.490 e. The SMILES string of the molecule is CC(=O)N1CC2(CCN(Cc3ccsc3)CC2)C2(CCN(C)C2=O)C1.O=C(O)C(F)(F)F. The van der Waals surface area contributed by atoms with Crippen molar-refractivity contribution in [3.05, 3.63) is 22.4 Å². The number of aliphatic carboxylic acids is 1. The molecule has 0 aromatic carbocycles. The highest BCUT2D eigenvalue weighted by atomic mass is 32.1. The van der Waals surface area contributed by atoms with Gasteiger partial charge in [-0.15, -0.1) is 0 Å².